The van der Waals surface area contributed by atoms with Gasteiger partial charge in [-0.25, -0.2) is 5.90 Å². The standard InChI is InChI=1S/H3NO.H3N.H2O3S/c1-2;;1-4(2)3/h2H,1H2;1H3;(H2,1,2,3). The van der Waals surface area contributed by atoms with Crippen molar-refractivity contribution in [1.82, 2.24) is 6.15 Å². The molecule has 0 aliphatic rings. The third-order valence-corrected chi connectivity index (χ3v) is 0. The summed E-state index contributed by atoms with van der Waals surface area (Å²) >= 11 is -2.61. The van der Waals surface area contributed by atoms with Crippen LogP contribution in [-0.2, 0) is 11.4 Å². The van der Waals surface area contributed by atoms with Gasteiger partial charge < -0.3 is 11.4 Å². The Labute approximate surface area is 43.0 Å². The summed E-state index contributed by atoms with van der Waals surface area (Å²) in [5.74, 6) is 3.50. The Morgan fingerprint density at radius 1 is 1.29 bits per heavy atom. The lowest BCUT2D eigenvalue weighted by molar-refractivity contribution is 0.311. The summed E-state index contributed by atoms with van der Waals surface area (Å²) in [5.41, 5.74) is 0. The van der Waals surface area contributed by atoms with Crippen LogP contribution in [0.25, 0.3) is 0 Å². The van der Waals surface area contributed by atoms with E-state index in [1.165, 1.54) is 0 Å². The molecule has 0 fully saturated rings. The molecule has 0 aliphatic carbocycles. The second-order valence-electron chi connectivity index (χ2n) is 0.231. The molecule has 0 heterocycles. The highest BCUT2D eigenvalue weighted by molar-refractivity contribution is 7.73. The third kappa shape index (κ3) is 37100. The molecule has 0 rings (SSSR count). The van der Waals surface area contributed by atoms with Crippen LogP contribution < -0.4 is 12.0 Å². The van der Waals surface area contributed by atoms with Crippen molar-refractivity contribution in [3.8, 4) is 0 Å². The quantitative estimate of drug-likeness (QED) is 0.215. The Bertz CT molecular complexity index is 32.7. The van der Waals surface area contributed by atoms with Crippen LogP contribution in [0, 0.1) is 0 Å². The van der Waals surface area contributed by atoms with E-state index < -0.39 is 11.4 Å². The minimum Gasteiger partial charge on any atom is -0.344 e. The lowest BCUT2D eigenvalue weighted by Gasteiger charge is -1.59. The minimum absolute atomic E-state index is 0. The lowest BCUT2D eigenvalue weighted by Crippen LogP contribution is -1.74. The molecule has 0 aromatic carbocycles. The van der Waals surface area contributed by atoms with E-state index in [1.54, 1.807) is 0 Å². The van der Waals surface area contributed by atoms with E-state index in [4.69, 9.17) is 18.5 Å². The summed E-state index contributed by atoms with van der Waals surface area (Å²) in [6, 6.07) is 0. The van der Waals surface area contributed by atoms with Crippen molar-refractivity contribution in [2.24, 2.45) is 5.90 Å². The van der Waals surface area contributed by atoms with Crippen molar-refractivity contribution >= 4 is 11.4 Å². The molecule has 0 bridgehead atoms. The Hall–Kier alpha value is -0.0500. The summed E-state index contributed by atoms with van der Waals surface area (Å²) in [5, 5.41) is 6.50. The second kappa shape index (κ2) is 16.8. The minimum atomic E-state index is -2.61. The molecule has 0 aliphatic heterocycles. The number of hydrogen-bond donors (Lipinski definition) is 5. The molecule has 7 heteroatoms. The zero-order chi connectivity index (χ0) is 5.58. The van der Waals surface area contributed by atoms with E-state index in [-0.39, 0.29) is 6.15 Å². The van der Waals surface area contributed by atoms with Gasteiger partial charge in [0, 0.05) is 0 Å². The summed E-state index contributed by atoms with van der Waals surface area (Å²) in [7, 11) is 0. The van der Waals surface area contributed by atoms with Gasteiger partial charge in [0.2, 0.25) is 0 Å². The molecule has 0 unspecified atom stereocenters. The van der Waals surface area contributed by atoms with Gasteiger partial charge in [0.15, 0.2) is 0 Å². The van der Waals surface area contributed by atoms with Crippen LogP contribution >= 0.6 is 0 Å². The van der Waals surface area contributed by atoms with Gasteiger partial charge in [-0.15, -0.1) is 0 Å². The fourth-order valence-corrected chi connectivity index (χ4v) is 0. The molecule has 0 saturated heterocycles. The predicted octanol–water partition coefficient (Wildman–Crippen LogP) is -0.823. The van der Waals surface area contributed by atoms with Gasteiger partial charge in [-0.3, -0.25) is 9.11 Å². The maximum Gasteiger partial charge on any atom is 0.299 e. The summed E-state index contributed by atoms with van der Waals surface area (Å²) < 4.78 is 22.8. The van der Waals surface area contributed by atoms with Crippen LogP contribution in [-0.4, -0.2) is 18.5 Å². The number of rotatable bonds is 0. The SMILES string of the molecule is N.NO.O=S(O)O. The van der Waals surface area contributed by atoms with Crippen molar-refractivity contribution in [2.75, 3.05) is 0 Å². The molecule has 0 aromatic heterocycles. The highest BCUT2D eigenvalue weighted by atomic mass is 32.2. The Morgan fingerprint density at radius 2 is 1.29 bits per heavy atom. The summed E-state index contributed by atoms with van der Waals surface area (Å²) in [6.07, 6.45) is 0. The van der Waals surface area contributed by atoms with Crippen molar-refractivity contribution in [1.29, 1.82) is 0 Å². The third-order valence-electron chi connectivity index (χ3n) is 0. The highest BCUT2D eigenvalue weighted by Crippen LogP contribution is 1.44. The van der Waals surface area contributed by atoms with Crippen molar-refractivity contribution in [2.45, 2.75) is 0 Å². The van der Waals surface area contributed by atoms with Crippen molar-refractivity contribution in [3.63, 3.8) is 0 Å². The summed E-state index contributed by atoms with van der Waals surface area (Å²) in [6.45, 7) is 0. The average Bonchev–Trinajstić information content (AvgIpc) is 1.41. The maximum absolute atomic E-state index is 8.67. The van der Waals surface area contributed by atoms with Crippen LogP contribution in [0.4, 0.5) is 0 Å². The molecule has 6 nitrogen and oxygen atoms in total. The zero-order valence-electron chi connectivity index (χ0n) is 3.44. The lowest BCUT2D eigenvalue weighted by atomic mass is 13.6. The van der Waals surface area contributed by atoms with Gasteiger partial charge in [-0.05, 0) is 0 Å². The van der Waals surface area contributed by atoms with Crippen LogP contribution in [0.5, 0.6) is 0 Å². The van der Waals surface area contributed by atoms with Crippen LogP contribution in [0.1, 0.15) is 0 Å². The normalized spacial score (nSPS) is 5.86. The fourth-order valence-electron chi connectivity index (χ4n) is 0. The van der Waals surface area contributed by atoms with Gasteiger partial charge in [0.05, 0.1) is 0 Å². The molecule has 0 atom stereocenters. The molecule has 0 amide bonds. The largest absolute Gasteiger partial charge is 0.344 e. The van der Waals surface area contributed by atoms with Gasteiger partial charge in [-0.2, -0.15) is 4.21 Å². The maximum atomic E-state index is 8.67. The van der Waals surface area contributed by atoms with E-state index in [0.717, 1.165) is 0 Å². The van der Waals surface area contributed by atoms with Gasteiger partial charge in [0.1, 0.15) is 0 Å². The second-order valence-corrected chi connectivity index (χ2v) is 0.692. The molecular weight excluding hydrogens is 124 g/mol. The molecule has 0 radical (unpaired) electrons. The zero-order valence-corrected chi connectivity index (χ0v) is 4.26. The molecule has 0 spiro atoms. The van der Waals surface area contributed by atoms with E-state index >= 15 is 0 Å². The van der Waals surface area contributed by atoms with E-state index in [1.807, 2.05) is 0 Å². The van der Waals surface area contributed by atoms with Gasteiger partial charge >= 0.3 is 0 Å². The summed E-state index contributed by atoms with van der Waals surface area (Å²) in [4.78, 5) is 0. The molecule has 8 N–H and O–H groups in total. The van der Waals surface area contributed by atoms with Crippen LogP contribution in [0.15, 0.2) is 0 Å². The average molecular weight is 132 g/mol. The first-order valence-electron chi connectivity index (χ1n) is 0.790. The molecular formula is H8N2O4S. The van der Waals surface area contributed by atoms with Crippen molar-refractivity contribution < 1.29 is 18.5 Å². The first kappa shape index (κ1) is 15.8. The first-order chi connectivity index (χ1) is 2.73. The monoisotopic (exact) mass is 132 g/mol. The number of nitrogens with two attached hydrogens (primary N) is 1. The molecule has 0 saturated carbocycles. The Morgan fingerprint density at radius 3 is 1.29 bits per heavy atom. The van der Waals surface area contributed by atoms with Crippen molar-refractivity contribution in [3.05, 3.63) is 0 Å². The van der Waals surface area contributed by atoms with E-state index in [9.17, 15) is 0 Å². The number of hydrogen-bond acceptors (Lipinski definition) is 4. The smallest absolute Gasteiger partial charge is 0.299 e. The van der Waals surface area contributed by atoms with Crippen LogP contribution in [0.2, 0.25) is 0 Å². The van der Waals surface area contributed by atoms with Crippen LogP contribution in [0.3, 0.4) is 0 Å². The first-order valence-corrected chi connectivity index (χ1v) is 1.85. The Kier molecular flexibility index (Phi) is 37.7. The van der Waals surface area contributed by atoms with E-state index in [0.29, 0.717) is 0 Å². The Balaban J connectivity index is -0.0000000480. The molecule has 7 heavy (non-hydrogen) atoms. The molecule has 0 aromatic rings. The highest BCUT2D eigenvalue weighted by Gasteiger charge is 1.62. The van der Waals surface area contributed by atoms with Gasteiger partial charge in [0.25, 0.3) is 11.4 Å². The fraction of sp³-hybridized carbons (Fsp3) is 0. The van der Waals surface area contributed by atoms with Gasteiger partial charge in [-0.1, -0.05) is 0 Å². The predicted molar refractivity (Wildman–Crippen MR) is 24.4 cm³/mol. The molecule has 48 valence electrons. The topological polar surface area (TPSA) is 139 Å². The van der Waals surface area contributed by atoms with E-state index in [2.05, 4.69) is 5.90 Å².